The van der Waals surface area contributed by atoms with Crippen LogP contribution in [0.15, 0.2) is 105 Å². The summed E-state index contributed by atoms with van der Waals surface area (Å²) < 4.78 is 0. The Bertz CT molecular complexity index is 1200. The van der Waals surface area contributed by atoms with Gasteiger partial charge < -0.3 is 47.1 Å². The van der Waals surface area contributed by atoms with E-state index in [0.717, 1.165) is 6.42 Å². The van der Waals surface area contributed by atoms with Gasteiger partial charge >= 0.3 is 64.1 Å². The first-order valence-electron chi connectivity index (χ1n) is 12.9. The van der Waals surface area contributed by atoms with Crippen LogP contribution in [-0.4, -0.2) is 0 Å². The maximum atomic E-state index is 4.93. The third-order valence-electron chi connectivity index (χ3n) is 8.51. The fourth-order valence-electron chi connectivity index (χ4n) is 5.60. The van der Waals surface area contributed by atoms with Crippen LogP contribution < -0.4 is 24.8 Å². The molecular weight excluding hydrogens is 769 g/mol. The van der Waals surface area contributed by atoms with Crippen molar-refractivity contribution in [2.45, 2.75) is 75.7 Å². The number of hydrogen-bond acceptors (Lipinski definition) is 0. The number of hydrogen-bond donors (Lipinski definition) is 0. The first-order valence-corrected chi connectivity index (χ1v) is 19.2. The van der Waals surface area contributed by atoms with Gasteiger partial charge in [0.15, 0.2) is 0 Å². The summed E-state index contributed by atoms with van der Waals surface area (Å²) in [6, 6.07) is 14.7. The second kappa shape index (κ2) is 23.5. The summed E-state index contributed by atoms with van der Waals surface area (Å²) in [4.78, 5) is 0. The van der Waals surface area contributed by atoms with Crippen LogP contribution >= 0.6 is 17.0 Å². The van der Waals surface area contributed by atoms with E-state index in [1.807, 2.05) is 12.2 Å². The van der Waals surface area contributed by atoms with Crippen molar-refractivity contribution >= 4 is 27.8 Å². The molecule has 2 aromatic rings. The van der Waals surface area contributed by atoms with E-state index in [2.05, 4.69) is 124 Å². The van der Waals surface area contributed by atoms with E-state index in [0.29, 0.717) is 0 Å². The van der Waals surface area contributed by atoms with Gasteiger partial charge in [-0.1, -0.05) is 44.9 Å². The molecule has 0 amide bonds. The Hall–Kier alpha value is 0.196. The summed E-state index contributed by atoms with van der Waals surface area (Å²) in [6.07, 6.45) is 10.0. The molecule has 3 aliphatic rings. The van der Waals surface area contributed by atoms with Crippen molar-refractivity contribution in [1.29, 1.82) is 0 Å². The van der Waals surface area contributed by atoms with Gasteiger partial charge in [0, 0.05) is 10.8 Å². The van der Waals surface area contributed by atoms with Crippen molar-refractivity contribution in [3.8, 4) is 0 Å². The van der Waals surface area contributed by atoms with Gasteiger partial charge in [0.25, 0.3) is 0 Å². The Morgan fingerprint density at radius 1 is 0.721 bits per heavy atom. The summed E-state index contributed by atoms with van der Waals surface area (Å²) >= 11 is -0.826. The average Bonchev–Trinajstić information content (AvgIpc) is 3.64. The van der Waals surface area contributed by atoms with Crippen LogP contribution in [0.2, 0.25) is 0 Å². The summed E-state index contributed by atoms with van der Waals surface area (Å²) in [5.41, 5.74) is 12.5. The minimum Gasteiger partial charge on any atom is -0.168 e. The molecule has 43 heavy (non-hydrogen) atoms. The molecule has 0 spiro atoms. The Kier molecular flexibility index (Phi) is 28.8. The van der Waals surface area contributed by atoms with Crippen molar-refractivity contribution in [1.82, 2.24) is 0 Å². The van der Waals surface area contributed by atoms with Gasteiger partial charge in [-0.3, -0.25) is 6.08 Å². The van der Waals surface area contributed by atoms with E-state index in [-0.39, 0.29) is 84.1 Å². The standard InChI is InChI=1S/C20H30.C9H7.C5H5.3CH3.4ClH.2Zr/c1-11-13(3)17(19(7,8)15(11)5)18-14(4)12(2)16(6)20(18,9)10;1-2-5-9-7-3-6-8(9)4-1;1-2-4-5-3-1;;;;;;;;;/h1-10H3;1-7H;1-3H,4H2;3*1H3;4*1H;;/q;5*-1;;;;;+2;+3/p-4. The van der Waals surface area contributed by atoms with Gasteiger partial charge in [-0.25, -0.2) is 12.2 Å². The Morgan fingerprint density at radius 3 is 1.42 bits per heavy atom. The van der Waals surface area contributed by atoms with Crippen LogP contribution in [0.4, 0.5) is 0 Å². The number of benzene rings is 1. The zero-order valence-corrected chi connectivity index (χ0v) is 36.4. The molecular formula is C37H51Cl4Zr2-4. The molecule has 6 heteroatoms. The SMILES string of the molecule is CC1=C(C)C(C)(C)C(C2=C(C)C(C)=C(C)C2(C)C)=C1C.[C-]1=CC=CC1.[CH3-].[CH3-].[CH3-].[Cl-].[Cl-].[Cl][Zr][Cl].[Zr+3].c1ccc2[cH-]ccc2c1. The van der Waals surface area contributed by atoms with Crippen LogP contribution in [0.25, 0.3) is 10.8 Å². The van der Waals surface area contributed by atoms with E-state index in [4.69, 9.17) is 17.0 Å². The molecule has 0 aromatic heterocycles. The number of halogens is 4. The maximum absolute atomic E-state index is 4.93. The summed E-state index contributed by atoms with van der Waals surface area (Å²) in [5.74, 6) is 0. The fraction of sp³-hybridized carbons (Fsp3) is 0.351. The predicted molar refractivity (Wildman–Crippen MR) is 182 cm³/mol. The third kappa shape index (κ3) is 12.4. The van der Waals surface area contributed by atoms with Crippen LogP contribution in [0.5, 0.6) is 0 Å². The van der Waals surface area contributed by atoms with Crippen molar-refractivity contribution < 1.29 is 71.9 Å². The number of fused-ring (bicyclic) bond motifs is 1. The summed E-state index contributed by atoms with van der Waals surface area (Å²) in [7, 11) is 9.87. The number of rotatable bonds is 1. The minimum absolute atomic E-state index is 0. The molecule has 3 aliphatic carbocycles. The molecule has 1 radical (unpaired) electrons. The molecule has 0 atom stereocenters. The quantitative estimate of drug-likeness (QED) is 0.273. The molecule has 0 unspecified atom stereocenters. The van der Waals surface area contributed by atoms with Crippen LogP contribution in [0, 0.1) is 39.2 Å². The van der Waals surface area contributed by atoms with Gasteiger partial charge in [-0.15, -0.1) is 36.1 Å². The smallest absolute Gasteiger partial charge is 0.168 e. The van der Waals surface area contributed by atoms with E-state index < -0.39 is 20.8 Å². The first kappa shape index (κ1) is 52.7. The average molecular weight is 820 g/mol. The molecule has 0 N–H and O–H groups in total. The summed E-state index contributed by atoms with van der Waals surface area (Å²) in [6.45, 7) is 23.3. The minimum atomic E-state index is -0.826. The van der Waals surface area contributed by atoms with Gasteiger partial charge in [0.2, 0.25) is 0 Å². The van der Waals surface area contributed by atoms with Gasteiger partial charge in [0.1, 0.15) is 0 Å². The van der Waals surface area contributed by atoms with Crippen molar-refractivity contribution in [3.63, 3.8) is 0 Å². The van der Waals surface area contributed by atoms with Crippen LogP contribution in [0.3, 0.4) is 0 Å². The fourth-order valence-corrected chi connectivity index (χ4v) is 5.60. The molecule has 0 aliphatic heterocycles. The van der Waals surface area contributed by atoms with Crippen LogP contribution in [-0.2, 0) is 47.1 Å². The van der Waals surface area contributed by atoms with E-state index in [9.17, 15) is 0 Å². The predicted octanol–water partition coefficient (Wildman–Crippen LogP) is 6.97. The second-order valence-corrected chi connectivity index (χ2v) is 14.7. The molecule has 0 saturated heterocycles. The first-order chi connectivity index (χ1) is 17.3. The normalized spacial score (nSPS) is 16.4. The van der Waals surface area contributed by atoms with E-state index in [1.165, 1.54) is 44.2 Å². The van der Waals surface area contributed by atoms with Crippen molar-refractivity contribution in [2.75, 3.05) is 0 Å². The zero-order valence-electron chi connectivity index (χ0n) is 28.5. The molecule has 5 rings (SSSR count). The van der Waals surface area contributed by atoms with E-state index >= 15 is 0 Å². The Balaban J connectivity index is -0.000000176. The second-order valence-electron chi connectivity index (χ2n) is 11.0. The molecule has 0 bridgehead atoms. The molecule has 0 saturated carbocycles. The Morgan fingerprint density at radius 2 is 1.14 bits per heavy atom. The largest absolute Gasteiger partial charge is 3.00 e. The number of allylic oxidation sites excluding steroid dienone is 12. The molecule has 0 nitrogen and oxygen atoms in total. The van der Waals surface area contributed by atoms with Crippen molar-refractivity contribution in [3.05, 3.63) is 134 Å². The van der Waals surface area contributed by atoms with Gasteiger partial charge in [-0.05, 0) is 75.0 Å². The molecule has 0 heterocycles. The molecule has 2 aromatic carbocycles. The topological polar surface area (TPSA) is 0 Å². The molecule has 0 fully saturated rings. The third-order valence-corrected chi connectivity index (χ3v) is 8.51. The summed E-state index contributed by atoms with van der Waals surface area (Å²) in [5, 5.41) is 2.66. The van der Waals surface area contributed by atoms with Crippen LogP contribution in [0.1, 0.15) is 75.7 Å². The Labute approximate surface area is 316 Å². The van der Waals surface area contributed by atoms with E-state index in [1.54, 1.807) is 11.1 Å². The maximum Gasteiger partial charge on any atom is 3.00 e. The van der Waals surface area contributed by atoms with Gasteiger partial charge in [0.05, 0.1) is 0 Å². The van der Waals surface area contributed by atoms with Crippen molar-refractivity contribution in [2.24, 2.45) is 10.8 Å². The molecule has 239 valence electrons. The zero-order chi connectivity index (χ0) is 28.0. The monoisotopic (exact) mass is 815 g/mol. The van der Waals surface area contributed by atoms with Gasteiger partial charge in [-0.2, -0.15) is 23.6 Å².